The Kier molecular flexibility index (Phi) is 8.73. The molecule has 1 aromatic heterocycles. The highest BCUT2D eigenvalue weighted by molar-refractivity contribution is 5.53. The van der Waals surface area contributed by atoms with Crippen LogP contribution in [0.4, 0.5) is 24.9 Å². The zero-order chi connectivity index (χ0) is 29.7. The van der Waals surface area contributed by atoms with Crippen molar-refractivity contribution in [1.29, 1.82) is 5.26 Å². The Balaban J connectivity index is 1.23. The highest BCUT2D eigenvalue weighted by Crippen LogP contribution is 2.60. The van der Waals surface area contributed by atoms with Gasteiger partial charge in [0.1, 0.15) is 23.2 Å². The molecule has 1 heterocycles. The maximum Gasteiger partial charge on any atom is 0.573 e. The standard InChI is InChI=1S/C31H36F3N7O/c1-2-5-20(8-9-35)16-37-27-23-10-21-11-24(27)14-30(12-21,13-23)19-40-28-25(15-36)18-39-29(41-28)38-17-22-6-3-4-7-26(22)42-31(32,33)34/h2-9,18,21,23-24,27,37H,1,10-14,16-17,19,35H2,(H2,38,39,40,41)/b9-8-,20-5+/t21?,23-,24+,27-,30-. The first kappa shape index (κ1) is 29.5. The van der Waals surface area contributed by atoms with Gasteiger partial charge in [0, 0.05) is 31.2 Å². The first-order valence-electron chi connectivity index (χ1n) is 14.2. The molecule has 6 rings (SSSR count). The molecule has 0 amide bonds. The minimum Gasteiger partial charge on any atom is -0.405 e. The molecule has 5 N–H and O–H groups in total. The summed E-state index contributed by atoms with van der Waals surface area (Å²) in [7, 11) is 0. The summed E-state index contributed by atoms with van der Waals surface area (Å²) in [6.07, 6.45) is 9.68. The number of allylic oxidation sites excluding steroid dienone is 2. The lowest BCUT2D eigenvalue weighted by molar-refractivity contribution is -0.274. The number of nitrogens with one attached hydrogen (secondary N) is 3. The summed E-state index contributed by atoms with van der Waals surface area (Å²) in [5.74, 6) is 2.22. The van der Waals surface area contributed by atoms with Crippen LogP contribution in [-0.4, -0.2) is 35.5 Å². The van der Waals surface area contributed by atoms with Gasteiger partial charge in [-0.25, -0.2) is 4.98 Å². The Hall–Kier alpha value is -4.04. The molecule has 222 valence electrons. The number of alkyl halides is 3. The summed E-state index contributed by atoms with van der Waals surface area (Å²) < 4.78 is 42.5. The Labute approximate surface area is 243 Å². The number of halogens is 3. The lowest BCUT2D eigenvalue weighted by Crippen LogP contribution is -2.59. The molecule has 0 spiro atoms. The molecular formula is C31H36F3N7O. The Morgan fingerprint density at radius 2 is 1.95 bits per heavy atom. The number of nitrogens with zero attached hydrogens (tertiary/aromatic N) is 3. The van der Waals surface area contributed by atoms with Crippen LogP contribution in [0.25, 0.3) is 0 Å². The van der Waals surface area contributed by atoms with Gasteiger partial charge in [-0.15, -0.1) is 13.2 Å². The van der Waals surface area contributed by atoms with E-state index in [4.69, 9.17) is 5.73 Å². The fourth-order valence-electron chi connectivity index (χ4n) is 7.43. The zero-order valence-electron chi connectivity index (χ0n) is 23.3. The van der Waals surface area contributed by atoms with E-state index in [1.165, 1.54) is 37.2 Å². The van der Waals surface area contributed by atoms with Crippen molar-refractivity contribution in [2.75, 3.05) is 23.7 Å². The van der Waals surface area contributed by atoms with Crippen molar-refractivity contribution in [3.8, 4) is 11.8 Å². The predicted molar refractivity (Wildman–Crippen MR) is 155 cm³/mol. The normalized spacial score (nSPS) is 26.7. The van der Waals surface area contributed by atoms with Crippen molar-refractivity contribution in [2.24, 2.45) is 28.9 Å². The van der Waals surface area contributed by atoms with Crippen molar-refractivity contribution in [2.45, 2.75) is 51.1 Å². The molecule has 42 heavy (non-hydrogen) atoms. The van der Waals surface area contributed by atoms with Crippen LogP contribution in [0.2, 0.25) is 0 Å². The third kappa shape index (κ3) is 6.87. The Morgan fingerprint density at radius 1 is 1.19 bits per heavy atom. The van der Waals surface area contributed by atoms with E-state index in [2.05, 4.69) is 43.3 Å². The molecule has 2 aromatic rings. The summed E-state index contributed by atoms with van der Waals surface area (Å²) in [4.78, 5) is 8.71. The van der Waals surface area contributed by atoms with Gasteiger partial charge >= 0.3 is 6.36 Å². The minimum atomic E-state index is -4.79. The molecule has 5 atom stereocenters. The zero-order valence-corrected chi connectivity index (χ0v) is 23.3. The molecule has 4 bridgehead atoms. The average Bonchev–Trinajstić information content (AvgIpc) is 2.94. The number of aromatic nitrogens is 2. The second-order valence-electron chi connectivity index (χ2n) is 11.6. The molecule has 4 fully saturated rings. The van der Waals surface area contributed by atoms with Gasteiger partial charge < -0.3 is 26.4 Å². The molecule has 4 aliphatic carbocycles. The van der Waals surface area contributed by atoms with Crippen LogP contribution < -0.4 is 26.4 Å². The number of para-hydroxylation sites is 1. The average molecular weight is 580 g/mol. The maximum absolute atomic E-state index is 12.8. The van der Waals surface area contributed by atoms with Gasteiger partial charge in [0.25, 0.3) is 0 Å². The summed E-state index contributed by atoms with van der Waals surface area (Å²) >= 11 is 0. The minimum absolute atomic E-state index is 0.0196. The van der Waals surface area contributed by atoms with Gasteiger partial charge in [-0.05, 0) is 79.2 Å². The topological polar surface area (TPSA) is 121 Å². The third-order valence-corrected chi connectivity index (χ3v) is 8.76. The van der Waals surface area contributed by atoms with Gasteiger partial charge in [0.2, 0.25) is 5.95 Å². The fourth-order valence-corrected chi connectivity index (χ4v) is 7.43. The third-order valence-electron chi connectivity index (χ3n) is 8.76. The van der Waals surface area contributed by atoms with E-state index in [9.17, 15) is 18.4 Å². The van der Waals surface area contributed by atoms with E-state index in [0.29, 0.717) is 47.3 Å². The highest BCUT2D eigenvalue weighted by Gasteiger charge is 2.55. The molecule has 0 aliphatic heterocycles. The highest BCUT2D eigenvalue weighted by atomic mass is 19.4. The fraction of sp³-hybridized carbons (Fsp3) is 0.452. The summed E-state index contributed by atoms with van der Waals surface area (Å²) in [6, 6.07) is 8.52. The molecule has 4 saturated carbocycles. The van der Waals surface area contributed by atoms with Crippen LogP contribution in [0.5, 0.6) is 5.75 Å². The number of hydrogen-bond acceptors (Lipinski definition) is 8. The largest absolute Gasteiger partial charge is 0.573 e. The van der Waals surface area contributed by atoms with Crippen LogP contribution in [0, 0.1) is 34.5 Å². The van der Waals surface area contributed by atoms with Gasteiger partial charge in [-0.3, -0.25) is 0 Å². The van der Waals surface area contributed by atoms with Crippen LogP contribution in [0.15, 0.2) is 67.0 Å². The second kappa shape index (κ2) is 12.4. The molecule has 1 unspecified atom stereocenters. The van der Waals surface area contributed by atoms with Gasteiger partial charge in [0.15, 0.2) is 0 Å². The summed E-state index contributed by atoms with van der Waals surface area (Å²) in [5.41, 5.74) is 7.47. The lowest BCUT2D eigenvalue weighted by Gasteiger charge is -2.60. The van der Waals surface area contributed by atoms with Gasteiger partial charge in [0.05, 0.1) is 6.20 Å². The smallest absolute Gasteiger partial charge is 0.405 e. The Morgan fingerprint density at radius 3 is 2.64 bits per heavy atom. The monoisotopic (exact) mass is 579 g/mol. The number of rotatable bonds is 12. The molecule has 4 aliphatic rings. The molecule has 11 heteroatoms. The van der Waals surface area contributed by atoms with E-state index < -0.39 is 6.36 Å². The first-order valence-corrected chi connectivity index (χ1v) is 14.2. The van der Waals surface area contributed by atoms with Crippen LogP contribution in [-0.2, 0) is 6.54 Å². The number of ether oxygens (including phenoxy) is 1. The summed E-state index contributed by atoms with van der Waals surface area (Å²) in [6.45, 7) is 5.28. The number of hydrogen-bond donors (Lipinski definition) is 4. The quantitative estimate of drug-likeness (QED) is 0.239. The van der Waals surface area contributed by atoms with E-state index in [1.54, 1.807) is 18.3 Å². The van der Waals surface area contributed by atoms with E-state index in [-0.39, 0.29) is 23.7 Å². The van der Waals surface area contributed by atoms with Crippen molar-refractivity contribution >= 4 is 11.8 Å². The molecular weight excluding hydrogens is 543 g/mol. The SMILES string of the molecule is C=C/C=C(\C=C/N)CN[C@@H]1[C@@H]2CC3C[C@H]1C[C@@](CNc1nc(NCc4ccccc4OC(F)(F)F)ncc1C#N)(C3)C2. The molecule has 0 radical (unpaired) electrons. The second-order valence-corrected chi connectivity index (χ2v) is 11.6. The predicted octanol–water partition coefficient (Wildman–Crippen LogP) is 5.64. The van der Waals surface area contributed by atoms with Gasteiger partial charge in [-0.1, -0.05) is 36.9 Å². The van der Waals surface area contributed by atoms with Crippen molar-refractivity contribution in [3.05, 3.63) is 78.2 Å². The molecule has 0 saturated heterocycles. The van der Waals surface area contributed by atoms with Crippen LogP contribution in [0.1, 0.15) is 43.2 Å². The van der Waals surface area contributed by atoms with E-state index in [1.807, 2.05) is 12.2 Å². The Bertz CT molecular complexity index is 1370. The number of nitriles is 1. The van der Waals surface area contributed by atoms with Crippen LogP contribution >= 0.6 is 0 Å². The van der Waals surface area contributed by atoms with Crippen molar-refractivity contribution in [3.63, 3.8) is 0 Å². The van der Waals surface area contributed by atoms with E-state index >= 15 is 0 Å². The number of anilines is 2. The van der Waals surface area contributed by atoms with Crippen molar-refractivity contribution < 1.29 is 17.9 Å². The van der Waals surface area contributed by atoms with Crippen LogP contribution in [0.3, 0.4) is 0 Å². The maximum atomic E-state index is 12.8. The lowest BCUT2D eigenvalue weighted by atomic mass is 9.48. The first-order chi connectivity index (χ1) is 20.2. The van der Waals surface area contributed by atoms with Crippen molar-refractivity contribution in [1.82, 2.24) is 15.3 Å². The number of benzene rings is 1. The molecule has 8 nitrogen and oxygen atoms in total. The molecule has 1 aromatic carbocycles. The summed E-state index contributed by atoms with van der Waals surface area (Å²) in [5, 5.41) is 19.9. The van der Waals surface area contributed by atoms with Gasteiger partial charge in [-0.2, -0.15) is 10.2 Å². The number of nitrogens with two attached hydrogens (primary N) is 1. The van der Waals surface area contributed by atoms with E-state index in [0.717, 1.165) is 31.4 Å².